The number of nitrogens with one attached hydrogen (secondary N) is 2. The van der Waals surface area contributed by atoms with Gasteiger partial charge in [-0.3, -0.25) is 15.0 Å². The number of hydrazine groups is 1. The van der Waals surface area contributed by atoms with Gasteiger partial charge in [-0.2, -0.15) is 5.01 Å². The van der Waals surface area contributed by atoms with Crippen LogP contribution in [-0.2, 0) is 19.9 Å². The molecule has 0 bridgehead atoms. The molecule has 0 saturated carbocycles. The second-order valence-electron chi connectivity index (χ2n) is 6.54. The Kier molecular flexibility index (Phi) is 6.01. The molecular weight excluding hydrogens is 390 g/mol. The van der Waals surface area contributed by atoms with Crippen molar-refractivity contribution < 1.29 is 28.7 Å². The van der Waals surface area contributed by atoms with Crippen LogP contribution in [0.2, 0.25) is 0 Å². The zero-order chi connectivity index (χ0) is 21.7. The average molecular weight is 411 g/mol. The SMILES string of the molecule is CC[C@]1(c2ccccc2)NC(=O)N(NC(=O)COc2ccc(C(=O)OC)cc2)C1=O. The molecule has 4 amide bonds. The van der Waals surface area contributed by atoms with E-state index < -0.39 is 36.0 Å². The minimum absolute atomic E-state index is 0.316. The predicted molar refractivity (Wildman–Crippen MR) is 105 cm³/mol. The van der Waals surface area contributed by atoms with Crippen molar-refractivity contribution in [3.63, 3.8) is 0 Å². The van der Waals surface area contributed by atoms with Gasteiger partial charge in [-0.05, 0) is 36.2 Å². The maximum absolute atomic E-state index is 13.0. The van der Waals surface area contributed by atoms with E-state index in [2.05, 4.69) is 15.5 Å². The van der Waals surface area contributed by atoms with Gasteiger partial charge in [0.15, 0.2) is 6.61 Å². The molecule has 2 aromatic carbocycles. The first-order valence-electron chi connectivity index (χ1n) is 9.24. The molecule has 1 aliphatic rings. The monoisotopic (exact) mass is 411 g/mol. The lowest BCUT2D eigenvalue weighted by Crippen LogP contribution is -2.49. The summed E-state index contributed by atoms with van der Waals surface area (Å²) in [6, 6.07) is 14.1. The van der Waals surface area contributed by atoms with Crippen molar-refractivity contribution in [3.05, 3.63) is 65.7 Å². The molecule has 3 rings (SSSR count). The van der Waals surface area contributed by atoms with Crippen LogP contribution in [0.4, 0.5) is 4.79 Å². The smallest absolute Gasteiger partial charge is 0.344 e. The summed E-state index contributed by atoms with van der Waals surface area (Å²) >= 11 is 0. The van der Waals surface area contributed by atoms with Gasteiger partial charge < -0.3 is 14.8 Å². The largest absolute Gasteiger partial charge is 0.484 e. The van der Waals surface area contributed by atoms with Crippen LogP contribution in [0.3, 0.4) is 0 Å². The zero-order valence-electron chi connectivity index (χ0n) is 16.5. The number of amides is 4. The minimum atomic E-state index is -1.24. The maximum Gasteiger partial charge on any atom is 0.344 e. The van der Waals surface area contributed by atoms with E-state index in [0.717, 1.165) is 0 Å². The number of carbonyl (C=O) groups excluding carboxylic acids is 4. The highest BCUT2D eigenvalue weighted by Gasteiger charge is 2.52. The number of hydrogen-bond acceptors (Lipinski definition) is 6. The maximum atomic E-state index is 13.0. The molecule has 0 unspecified atom stereocenters. The normalized spacial score (nSPS) is 18.0. The molecular formula is C21H21N3O6. The molecule has 0 aliphatic carbocycles. The molecule has 9 nitrogen and oxygen atoms in total. The molecule has 1 aliphatic heterocycles. The Balaban J connectivity index is 1.63. The van der Waals surface area contributed by atoms with Crippen molar-refractivity contribution >= 4 is 23.8 Å². The predicted octanol–water partition coefficient (Wildman–Crippen LogP) is 1.74. The third-order valence-electron chi connectivity index (χ3n) is 4.77. The quantitative estimate of drug-likeness (QED) is 0.530. The molecule has 2 aromatic rings. The number of urea groups is 1. The van der Waals surface area contributed by atoms with Gasteiger partial charge in [-0.25, -0.2) is 9.59 Å². The molecule has 0 spiro atoms. The summed E-state index contributed by atoms with van der Waals surface area (Å²) < 4.78 is 9.95. The average Bonchev–Trinajstić information content (AvgIpc) is 3.03. The van der Waals surface area contributed by atoms with Gasteiger partial charge in [0, 0.05) is 0 Å². The molecule has 30 heavy (non-hydrogen) atoms. The molecule has 2 N–H and O–H groups in total. The standard InChI is InChI=1S/C21H21N3O6/c1-3-21(15-7-5-4-6-8-15)19(27)24(20(28)22-21)23-17(25)13-30-16-11-9-14(10-12-16)18(26)29-2/h4-12H,3,13H2,1-2H3,(H,22,28)(H,23,25)/t21-/m1/s1. The van der Waals surface area contributed by atoms with Gasteiger partial charge in [0.1, 0.15) is 11.3 Å². The van der Waals surface area contributed by atoms with E-state index in [1.54, 1.807) is 31.2 Å². The Morgan fingerprint density at radius 1 is 1.07 bits per heavy atom. The van der Waals surface area contributed by atoms with E-state index in [0.29, 0.717) is 28.3 Å². The fourth-order valence-electron chi connectivity index (χ4n) is 3.15. The first kappa shape index (κ1) is 20.8. The third-order valence-corrected chi connectivity index (χ3v) is 4.77. The van der Waals surface area contributed by atoms with Gasteiger partial charge in [-0.1, -0.05) is 37.3 Å². The van der Waals surface area contributed by atoms with Crippen LogP contribution in [0.1, 0.15) is 29.3 Å². The topological polar surface area (TPSA) is 114 Å². The van der Waals surface area contributed by atoms with Crippen molar-refractivity contribution in [2.24, 2.45) is 0 Å². The number of rotatable bonds is 7. The molecule has 1 atom stereocenters. The lowest BCUT2D eigenvalue weighted by Gasteiger charge is -2.25. The molecule has 1 fully saturated rings. The van der Waals surface area contributed by atoms with Gasteiger partial charge in [0.05, 0.1) is 12.7 Å². The summed E-state index contributed by atoms with van der Waals surface area (Å²) in [6.07, 6.45) is 0.316. The van der Waals surface area contributed by atoms with Crippen LogP contribution in [0.25, 0.3) is 0 Å². The fourth-order valence-corrected chi connectivity index (χ4v) is 3.15. The highest BCUT2D eigenvalue weighted by molar-refractivity contribution is 6.08. The summed E-state index contributed by atoms with van der Waals surface area (Å²) in [5.41, 5.74) is 2.01. The Morgan fingerprint density at radius 3 is 2.33 bits per heavy atom. The number of ether oxygens (including phenoxy) is 2. The molecule has 1 heterocycles. The Labute approximate surface area is 172 Å². The van der Waals surface area contributed by atoms with Gasteiger partial charge in [-0.15, -0.1) is 0 Å². The van der Waals surface area contributed by atoms with Crippen molar-refractivity contribution in [2.45, 2.75) is 18.9 Å². The van der Waals surface area contributed by atoms with E-state index in [-0.39, 0.29) is 0 Å². The Hall–Kier alpha value is -3.88. The van der Waals surface area contributed by atoms with Crippen molar-refractivity contribution in [2.75, 3.05) is 13.7 Å². The number of methoxy groups -OCH3 is 1. The number of hydrogen-bond donors (Lipinski definition) is 2. The van der Waals surface area contributed by atoms with Gasteiger partial charge in [0.25, 0.3) is 11.8 Å². The van der Waals surface area contributed by atoms with E-state index in [1.807, 2.05) is 6.07 Å². The van der Waals surface area contributed by atoms with Crippen LogP contribution in [0, 0.1) is 0 Å². The number of esters is 1. The number of benzene rings is 2. The van der Waals surface area contributed by atoms with Crippen LogP contribution < -0.4 is 15.5 Å². The van der Waals surface area contributed by atoms with Crippen molar-refractivity contribution in [1.82, 2.24) is 15.8 Å². The fraction of sp³-hybridized carbons (Fsp3) is 0.238. The highest BCUT2D eigenvalue weighted by atomic mass is 16.5. The lowest BCUT2D eigenvalue weighted by molar-refractivity contribution is -0.140. The molecule has 1 saturated heterocycles. The zero-order valence-corrected chi connectivity index (χ0v) is 16.5. The molecule has 0 radical (unpaired) electrons. The van der Waals surface area contributed by atoms with Crippen molar-refractivity contribution in [3.8, 4) is 5.75 Å². The van der Waals surface area contributed by atoms with Crippen LogP contribution in [0.5, 0.6) is 5.75 Å². The number of imide groups is 1. The van der Waals surface area contributed by atoms with Gasteiger partial charge >= 0.3 is 12.0 Å². The van der Waals surface area contributed by atoms with E-state index in [1.165, 1.54) is 31.4 Å². The Bertz CT molecular complexity index is 960. The Morgan fingerprint density at radius 2 is 1.73 bits per heavy atom. The summed E-state index contributed by atoms with van der Waals surface area (Å²) in [6.45, 7) is 1.34. The molecule has 0 aromatic heterocycles. The first-order chi connectivity index (χ1) is 14.4. The van der Waals surface area contributed by atoms with E-state index in [9.17, 15) is 19.2 Å². The van der Waals surface area contributed by atoms with E-state index >= 15 is 0 Å². The summed E-state index contributed by atoms with van der Waals surface area (Å²) in [7, 11) is 1.28. The van der Waals surface area contributed by atoms with Crippen molar-refractivity contribution in [1.29, 1.82) is 0 Å². The molecule has 9 heteroatoms. The highest BCUT2D eigenvalue weighted by Crippen LogP contribution is 2.31. The minimum Gasteiger partial charge on any atom is -0.484 e. The number of nitrogens with zero attached hydrogens (tertiary/aromatic N) is 1. The van der Waals surface area contributed by atoms with Crippen LogP contribution >= 0.6 is 0 Å². The summed E-state index contributed by atoms with van der Waals surface area (Å²) in [5.74, 6) is -1.41. The first-order valence-corrected chi connectivity index (χ1v) is 9.24. The summed E-state index contributed by atoms with van der Waals surface area (Å²) in [5, 5.41) is 3.34. The van der Waals surface area contributed by atoms with E-state index in [4.69, 9.17) is 4.74 Å². The van der Waals surface area contributed by atoms with Gasteiger partial charge in [0.2, 0.25) is 0 Å². The number of carbonyl (C=O) groups is 4. The second kappa shape index (κ2) is 8.64. The third kappa shape index (κ3) is 3.95. The molecule has 156 valence electrons. The second-order valence-corrected chi connectivity index (χ2v) is 6.54. The summed E-state index contributed by atoms with van der Waals surface area (Å²) in [4.78, 5) is 49.0. The van der Waals surface area contributed by atoms with Crippen LogP contribution in [0.15, 0.2) is 54.6 Å². The lowest BCUT2D eigenvalue weighted by atomic mass is 9.87. The van der Waals surface area contributed by atoms with Crippen LogP contribution in [-0.4, -0.2) is 42.5 Å².